The lowest BCUT2D eigenvalue weighted by Crippen LogP contribution is -2.15. The maximum absolute atomic E-state index is 12.5. The molecule has 0 spiro atoms. The largest absolute Gasteiger partial charge is 0.320 e. The highest BCUT2D eigenvalue weighted by molar-refractivity contribution is 9.10. The lowest BCUT2D eigenvalue weighted by molar-refractivity contribution is -0.385. The van der Waals surface area contributed by atoms with Crippen LogP contribution >= 0.6 is 39.1 Å². The van der Waals surface area contributed by atoms with Crippen LogP contribution < -0.4 is 5.32 Å². The van der Waals surface area contributed by atoms with Crippen molar-refractivity contribution in [2.45, 2.75) is 20.0 Å². The fourth-order valence-electron chi connectivity index (χ4n) is 2.42. The molecule has 12 heteroatoms. The van der Waals surface area contributed by atoms with Gasteiger partial charge in [0.05, 0.1) is 26.0 Å². The molecule has 0 saturated heterocycles. The number of nitrogens with one attached hydrogen (secondary N) is 1. The Morgan fingerprint density at radius 3 is 2.64 bits per heavy atom. The van der Waals surface area contributed by atoms with E-state index in [1.165, 1.54) is 10.9 Å². The molecule has 28 heavy (non-hydrogen) atoms. The summed E-state index contributed by atoms with van der Waals surface area (Å²) in [5, 5.41) is 22.8. The highest BCUT2D eigenvalue weighted by atomic mass is 79.9. The van der Waals surface area contributed by atoms with Crippen LogP contribution in [0.4, 0.5) is 11.5 Å². The minimum Gasteiger partial charge on any atom is -0.302 e. The minimum absolute atomic E-state index is 0.213. The highest BCUT2D eigenvalue weighted by Gasteiger charge is 2.26. The van der Waals surface area contributed by atoms with E-state index in [1.54, 1.807) is 29.9 Å². The third-order valence-electron chi connectivity index (χ3n) is 3.76. The van der Waals surface area contributed by atoms with Gasteiger partial charge in [-0.25, -0.2) is 0 Å². The summed E-state index contributed by atoms with van der Waals surface area (Å²) < 4.78 is 3.42. The van der Waals surface area contributed by atoms with E-state index in [9.17, 15) is 14.9 Å². The first kappa shape index (κ1) is 20.3. The molecule has 0 saturated carbocycles. The van der Waals surface area contributed by atoms with Crippen molar-refractivity contribution in [1.29, 1.82) is 0 Å². The van der Waals surface area contributed by atoms with Gasteiger partial charge in [0.2, 0.25) is 5.69 Å². The van der Waals surface area contributed by atoms with Gasteiger partial charge in [0.1, 0.15) is 6.20 Å². The standard InChI is InChI=1S/C16H13BrCl2N6O3/c1-2-23-8-13(25(27)28)14(21-23)16(26)20-15-10(17)7-24(22-15)6-9-3-4-11(18)12(19)5-9/h3-5,7-8H,2,6H2,1H3,(H,20,22,26). The predicted molar refractivity (Wildman–Crippen MR) is 108 cm³/mol. The smallest absolute Gasteiger partial charge is 0.302 e. The maximum atomic E-state index is 12.5. The summed E-state index contributed by atoms with van der Waals surface area (Å²) in [5.41, 5.74) is 0.211. The Morgan fingerprint density at radius 1 is 1.25 bits per heavy atom. The fraction of sp³-hybridized carbons (Fsp3) is 0.188. The molecule has 0 fully saturated rings. The van der Waals surface area contributed by atoms with Gasteiger partial charge in [-0.3, -0.25) is 24.3 Å². The van der Waals surface area contributed by atoms with Crippen LogP contribution in [-0.2, 0) is 13.1 Å². The first-order chi connectivity index (χ1) is 13.3. The van der Waals surface area contributed by atoms with E-state index in [0.29, 0.717) is 27.6 Å². The third-order valence-corrected chi connectivity index (χ3v) is 5.08. The summed E-state index contributed by atoms with van der Waals surface area (Å²) in [6.45, 7) is 2.55. The van der Waals surface area contributed by atoms with E-state index >= 15 is 0 Å². The lowest BCUT2D eigenvalue weighted by Gasteiger charge is -2.04. The molecule has 3 aromatic rings. The Labute approximate surface area is 177 Å². The molecular formula is C16H13BrCl2N6O3. The number of hydrogen-bond acceptors (Lipinski definition) is 5. The van der Waals surface area contributed by atoms with Crippen LogP contribution in [-0.4, -0.2) is 30.4 Å². The molecule has 2 heterocycles. The van der Waals surface area contributed by atoms with E-state index in [2.05, 4.69) is 31.4 Å². The van der Waals surface area contributed by atoms with Crippen molar-refractivity contribution in [1.82, 2.24) is 19.6 Å². The fourth-order valence-corrected chi connectivity index (χ4v) is 3.16. The predicted octanol–water partition coefficient (Wildman–Crippen LogP) is 4.38. The molecule has 0 aliphatic carbocycles. The molecule has 2 aromatic heterocycles. The molecule has 0 unspecified atom stereocenters. The van der Waals surface area contributed by atoms with Gasteiger partial charge in [0, 0.05) is 12.7 Å². The number of carbonyl (C=O) groups is 1. The van der Waals surface area contributed by atoms with Crippen molar-refractivity contribution >= 4 is 56.5 Å². The Kier molecular flexibility index (Phi) is 6.01. The molecule has 0 radical (unpaired) electrons. The molecule has 1 aromatic carbocycles. The average molecular weight is 488 g/mol. The van der Waals surface area contributed by atoms with E-state index in [4.69, 9.17) is 23.2 Å². The number of hydrogen-bond donors (Lipinski definition) is 1. The van der Waals surface area contributed by atoms with Gasteiger partial charge in [0.15, 0.2) is 5.82 Å². The number of nitro groups is 1. The molecule has 0 aliphatic heterocycles. The van der Waals surface area contributed by atoms with Gasteiger partial charge >= 0.3 is 5.69 Å². The minimum atomic E-state index is -0.723. The molecule has 0 bridgehead atoms. The summed E-state index contributed by atoms with van der Waals surface area (Å²) >= 11 is 15.2. The second-order valence-corrected chi connectivity index (χ2v) is 7.37. The first-order valence-electron chi connectivity index (χ1n) is 7.98. The van der Waals surface area contributed by atoms with Crippen LogP contribution in [0.25, 0.3) is 0 Å². The topological polar surface area (TPSA) is 108 Å². The zero-order valence-corrected chi connectivity index (χ0v) is 17.5. The molecule has 9 nitrogen and oxygen atoms in total. The van der Waals surface area contributed by atoms with Crippen molar-refractivity contribution in [3.8, 4) is 0 Å². The number of aryl methyl sites for hydroxylation is 1. The Balaban J connectivity index is 1.80. The molecule has 1 amide bonds. The number of benzene rings is 1. The van der Waals surface area contributed by atoms with E-state index in [0.717, 1.165) is 5.56 Å². The number of anilines is 1. The maximum Gasteiger partial charge on any atom is 0.320 e. The van der Waals surface area contributed by atoms with Crippen molar-refractivity contribution in [2.24, 2.45) is 0 Å². The van der Waals surface area contributed by atoms with Crippen LogP contribution in [0.2, 0.25) is 10.0 Å². The molecule has 0 aliphatic rings. The van der Waals surface area contributed by atoms with E-state index in [1.807, 2.05) is 6.07 Å². The summed E-state index contributed by atoms with van der Waals surface area (Å²) in [4.78, 5) is 23.0. The summed E-state index contributed by atoms with van der Waals surface area (Å²) in [6, 6.07) is 5.21. The Hall–Kier alpha value is -2.43. The van der Waals surface area contributed by atoms with Crippen LogP contribution in [0.15, 0.2) is 35.1 Å². The number of rotatable bonds is 6. The zero-order chi connectivity index (χ0) is 20.4. The van der Waals surface area contributed by atoms with Crippen molar-refractivity contribution < 1.29 is 9.72 Å². The van der Waals surface area contributed by atoms with Gasteiger partial charge in [-0.2, -0.15) is 10.2 Å². The van der Waals surface area contributed by atoms with Gasteiger partial charge in [0.25, 0.3) is 5.91 Å². The number of nitrogens with zero attached hydrogens (tertiary/aromatic N) is 5. The first-order valence-corrected chi connectivity index (χ1v) is 9.53. The lowest BCUT2D eigenvalue weighted by atomic mass is 10.2. The zero-order valence-electron chi connectivity index (χ0n) is 14.4. The molecule has 146 valence electrons. The third kappa shape index (κ3) is 4.34. The van der Waals surface area contributed by atoms with Gasteiger partial charge in [-0.1, -0.05) is 29.3 Å². The van der Waals surface area contributed by atoms with Crippen molar-refractivity contribution in [2.75, 3.05) is 5.32 Å². The van der Waals surface area contributed by atoms with Gasteiger partial charge < -0.3 is 5.32 Å². The Bertz CT molecular complexity index is 1060. The average Bonchev–Trinajstić information content (AvgIpc) is 3.22. The number of aromatic nitrogens is 4. The molecular weight excluding hydrogens is 475 g/mol. The van der Waals surface area contributed by atoms with Crippen LogP contribution in [0, 0.1) is 10.1 Å². The number of halogens is 3. The number of carbonyl (C=O) groups excluding carboxylic acids is 1. The molecule has 3 rings (SSSR count). The van der Waals surface area contributed by atoms with Gasteiger partial charge in [-0.05, 0) is 40.5 Å². The SMILES string of the molecule is CCn1cc([N+](=O)[O-])c(C(=O)Nc2nn(Cc3ccc(Cl)c(Cl)c3)cc2Br)n1. The van der Waals surface area contributed by atoms with Crippen molar-refractivity contribution in [3.05, 3.63) is 66.5 Å². The summed E-state index contributed by atoms with van der Waals surface area (Å²) in [6.07, 6.45) is 2.88. The van der Waals surface area contributed by atoms with Crippen LogP contribution in [0.3, 0.4) is 0 Å². The molecule has 1 N–H and O–H groups in total. The Morgan fingerprint density at radius 2 is 2.00 bits per heavy atom. The van der Waals surface area contributed by atoms with Crippen LogP contribution in [0.1, 0.15) is 23.0 Å². The number of amides is 1. The molecule has 0 atom stereocenters. The quantitative estimate of drug-likeness (QED) is 0.410. The normalized spacial score (nSPS) is 10.9. The van der Waals surface area contributed by atoms with Crippen molar-refractivity contribution in [3.63, 3.8) is 0 Å². The van der Waals surface area contributed by atoms with E-state index in [-0.39, 0.29) is 17.2 Å². The van der Waals surface area contributed by atoms with Crippen LogP contribution in [0.5, 0.6) is 0 Å². The summed E-state index contributed by atoms with van der Waals surface area (Å²) in [5.74, 6) is -0.509. The second-order valence-electron chi connectivity index (χ2n) is 5.70. The van der Waals surface area contributed by atoms with E-state index < -0.39 is 10.8 Å². The monoisotopic (exact) mass is 486 g/mol. The second kappa shape index (κ2) is 8.29. The highest BCUT2D eigenvalue weighted by Crippen LogP contribution is 2.25. The summed E-state index contributed by atoms with van der Waals surface area (Å²) in [7, 11) is 0. The van der Waals surface area contributed by atoms with Gasteiger partial charge in [-0.15, -0.1) is 0 Å².